The summed E-state index contributed by atoms with van der Waals surface area (Å²) >= 11 is 0. The van der Waals surface area contributed by atoms with Crippen LogP contribution in [0.3, 0.4) is 0 Å². The molecular weight excluding hydrogens is 282 g/mol. The number of rotatable bonds is 5. The molecular formula is C16H25N3O3. The molecule has 0 saturated carbocycles. The first kappa shape index (κ1) is 16.7. The highest BCUT2D eigenvalue weighted by Gasteiger charge is 2.36. The molecule has 0 unspecified atom stereocenters. The number of likely N-dealkylation sites (tertiary alicyclic amines) is 1. The smallest absolute Gasteiger partial charge is 0.250 e. The molecule has 1 aromatic heterocycles. The maximum absolute atomic E-state index is 12.4. The molecule has 2 heterocycles. The van der Waals surface area contributed by atoms with Crippen molar-refractivity contribution < 1.29 is 9.53 Å². The number of aromatic nitrogens is 1. The van der Waals surface area contributed by atoms with Crippen LogP contribution < -0.4 is 5.56 Å². The van der Waals surface area contributed by atoms with Crippen molar-refractivity contribution in [1.29, 1.82) is 0 Å². The van der Waals surface area contributed by atoms with Gasteiger partial charge in [-0.1, -0.05) is 6.07 Å². The fraction of sp³-hybridized carbons (Fsp3) is 0.625. The highest BCUT2D eigenvalue weighted by atomic mass is 16.5. The Morgan fingerprint density at radius 3 is 2.55 bits per heavy atom. The average Bonchev–Trinajstić information content (AvgIpc) is 2.49. The van der Waals surface area contributed by atoms with Crippen LogP contribution in [0.4, 0.5) is 0 Å². The lowest BCUT2D eigenvalue weighted by atomic mass is 9.90. The predicted molar refractivity (Wildman–Crippen MR) is 84.8 cm³/mol. The molecule has 0 aromatic carbocycles. The SMILES string of the molecule is COC1(CN(C)C)CCN(C(=O)Cn2ccccc2=O)CC1. The normalized spacial score (nSPS) is 17.7. The van der Waals surface area contributed by atoms with Crippen molar-refractivity contribution in [2.45, 2.75) is 25.0 Å². The molecule has 6 heteroatoms. The highest BCUT2D eigenvalue weighted by Crippen LogP contribution is 2.26. The molecule has 1 fully saturated rings. The molecule has 1 aliphatic rings. The lowest BCUT2D eigenvalue weighted by Gasteiger charge is -2.42. The molecule has 0 radical (unpaired) electrons. The van der Waals surface area contributed by atoms with Gasteiger partial charge in [-0.3, -0.25) is 9.59 Å². The van der Waals surface area contributed by atoms with Crippen molar-refractivity contribution in [1.82, 2.24) is 14.4 Å². The molecule has 122 valence electrons. The highest BCUT2D eigenvalue weighted by molar-refractivity contribution is 5.76. The van der Waals surface area contributed by atoms with Crippen molar-refractivity contribution in [3.05, 3.63) is 34.7 Å². The Balaban J connectivity index is 1.95. The van der Waals surface area contributed by atoms with Gasteiger partial charge in [0.1, 0.15) is 6.54 Å². The summed E-state index contributed by atoms with van der Waals surface area (Å²) in [5, 5.41) is 0. The van der Waals surface area contributed by atoms with Crippen LogP contribution in [0.5, 0.6) is 0 Å². The second-order valence-corrected chi connectivity index (χ2v) is 6.17. The minimum atomic E-state index is -0.177. The number of piperidine rings is 1. The summed E-state index contributed by atoms with van der Waals surface area (Å²) in [6, 6.07) is 4.91. The largest absolute Gasteiger partial charge is 0.377 e. The van der Waals surface area contributed by atoms with E-state index in [1.165, 1.54) is 10.6 Å². The lowest BCUT2D eigenvalue weighted by Crippen LogP contribution is -2.52. The molecule has 0 N–H and O–H groups in total. The van der Waals surface area contributed by atoms with Gasteiger partial charge in [0.05, 0.1) is 5.60 Å². The molecule has 1 aromatic rings. The molecule has 0 bridgehead atoms. The average molecular weight is 307 g/mol. The summed E-state index contributed by atoms with van der Waals surface area (Å²) in [7, 11) is 5.80. The predicted octanol–water partition coefficient (Wildman–Crippen LogP) is 0.418. The second kappa shape index (κ2) is 7.07. The number of methoxy groups -OCH3 is 1. The van der Waals surface area contributed by atoms with Gasteiger partial charge in [0.25, 0.3) is 5.56 Å². The summed E-state index contributed by atoms with van der Waals surface area (Å²) < 4.78 is 7.16. The van der Waals surface area contributed by atoms with Crippen LogP contribution in [0.15, 0.2) is 29.2 Å². The summed E-state index contributed by atoms with van der Waals surface area (Å²) in [6.45, 7) is 2.29. The first-order valence-corrected chi connectivity index (χ1v) is 7.59. The third-order valence-electron chi connectivity index (χ3n) is 4.27. The van der Waals surface area contributed by atoms with Gasteiger partial charge >= 0.3 is 0 Å². The number of pyridine rings is 1. The first-order chi connectivity index (χ1) is 10.5. The Bertz CT molecular complexity index is 560. The standard InChI is InChI=1S/C16H25N3O3/c1-17(2)13-16(22-3)7-10-18(11-8-16)15(21)12-19-9-5-4-6-14(19)20/h4-6,9H,7-8,10-13H2,1-3H3. The van der Waals surface area contributed by atoms with Crippen molar-refractivity contribution in [2.75, 3.05) is 40.8 Å². The first-order valence-electron chi connectivity index (χ1n) is 7.59. The van der Waals surface area contributed by atoms with Crippen LogP contribution in [0.1, 0.15) is 12.8 Å². The van der Waals surface area contributed by atoms with Crippen LogP contribution in [-0.2, 0) is 16.1 Å². The van der Waals surface area contributed by atoms with E-state index >= 15 is 0 Å². The van der Waals surface area contributed by atoms with Crippen molar-refractivity contribution >= 4 is 5.91 Å². The Labute approximate surface area is 131 Å². The van der Waals surface area contributed by atoms with Crippen LogP contribution in [0.2, 0.25) is 0 Å². The number of ether oxygens (including phenoxy) is 1. The Hall–Kier alpha value is -1.66. The number of likely N-dealkylation sites (N-methyl/N-ethyl adjacent to an activating group) is 1. The zero-order chi connectivity index (χ0) is 16.2. The summed E-state index contributed by atoms with van der Waals surface area (Å²) in [4.78, 5) is 28.0. The van der Waals surface area contributed by atoms with E-state index in [0.717, 1.165) is 19.4 Å². The van der Waals surface area contributed by atoms with E-state index in [2.05, 4.69) is 4.90 Å². The summed E-state index contributed by atoms with van der Waals surface area (Å²) in [5.41, 5.74) is -0.323. The Kier molecular flexibility index (Phi) is 5.37. The van der Waals surface area contributed by atoms with Crippen LogP contribution in [0, 0.1) is 0 Å². The Morgan fingerprint density at radius 2 is 2.00 bits per heavy atom. The van der Waals surface area contributed by atoms with Crippen LogP contribution >= 0.6 is 0 Å². The zero-order valence-corrected chi connectivity index (χ0v) is 13.6. The van der Waals surface area contributed by atoms with Crippen molar-refractivity contribution in [3.8, 4) is 0 Å². The van der Waals surface area contributed by atoms with Crippen molar-refractivity contribution in [3.63, 3.8) is 0 Å². The van der Waals surface area contributed by atoms with Gasteiger partial charge in [-0.05, 0) is 33.0 Å². The lowest BCUT2D eigenvalue weighted by molar-refractivity contribution is -0.138. The topological polar surface area (TPSA) is 54.8 Å². The third kappa shape index (κ3) is 3.96. The van der Waals surface area contributed by atoms with E-state index in [0.29, 0.717) is 13.1 Å². The number of hydrogen-bond donors (Lipinski definition) is 0. The van der Waals surface area contributed by atoms with Crippen LogP contribution in [-0.4, -0.2) is 66.7 Å². The van der Waals surface area contributed by atoms with E-state index in [4.69, 9.17) is 4.74 Å². The summed E-state index contributed by atoms with van der Waals surface area (Å²) in [6.07, 6.45) is 3.28. The molecule has 1 amide bonds. The van der Waals surface area contributed by atoms with E-state index in [1.54, 1.807) is 25.4 Å². The molecule has 0 spiro atoms. The van der Waals surface area contributed by atoms with E-state index in [-0.39, 0.29) is 23.6 Å². The van der Waals surface area contributed by atoms with Gasteiger partial charge in [0.2, 0.25) is 5.91 Å². The van der Waals surface area contributed by atoms with E-state index in [1.807, 2.05) is 19.0 Å². The maximum Gasteiger partial charge on any atom is 0.250 e. The number of hydrogen-bond acceptors (Lipinski definition) is 4. The van der Waals surface area contributed by atoms with Gasteiger partial charge < -0.3 is 19.1 Å². The van der Waals surface area contributed by atoms with Gasteiger partial charge in [-0.25, -0.2) is 0 Å². The second-order valence-electron chi connectivity index (χ2n) is 6.17. The fourth-order valence-corrected chi connectivity index (χ4v) is 3.00. The van der Waals surface area contributed by atoms with Gasteiger partial charge in [0.15, 0.2) is 0 Å². The molecule has 22 heavy (non-hydrogen) atoms. The van der Waals surface area contributed by atoms with E-state index in [9.17, 15) is 9.59 Å². The molecule has 1 aliphatic heterocycles. The number of nitrogens with zero attached hydrogens (tertiary/aromatic N) is 3. The van der Waals surface area contributed by atoms with Gasteiger partial charge in [-0.2, -0.15) is 0 Å². The van der Waals surface area contributed by atoms with Crippen molar-refractivity contribution in [2.24, 2.45) is 0 Å². The van der Waals surface area contributed by atoms with Gasteiger partial charge in [0, 0.05) is 39.0 Å². The van der Waals surface area contributed by atoms with Crippen LogP contribution in [0.25, 0.3) is 0 Å². The number of carbonyl (C=O) groups is 1. The number of carbonyl (C=O) groups excluding carboxylic acids is 1. The maximum atomic E-state index is 12.4. The zero-order valence-electron chi connectivity index (χ0n) is 13.6. The summed E-state index contributed by atoms with van der Waals surface area (Å²) in [5.74, 6) is -0.0112. The molecule has 0 aliphatic carbocycles. The molecule has 1 saturated heterocycles. The molecule has 2 rings (SSSR count). The Morgan fingerprint density at radius 1 is 1.32 bits per heavy atom. The van der Waals surface area contributed by atoms with E-state index < -0.39 is 0 Å². The monoisotopic (exact) mass is 307 g/mol. The number of amides is 1. The van der Waals surface area contributed by atoms with Gasteiger partial charge in [-0.15, -0.1) is 0 Å². The minimum absolute atomic E-state index is 0.0112. The minimum Gasteiger partial charge on any atom is -0.377 e. The third-order valence-corrected chi connectivity index (χ3v) is 4.27. The fourth-order valence-electron chi connectivity index (χ4n) is 3.00. The quantitative estimate of drug-likeness (QED) is 0.791. The molecule has 0 atom stereocenters. The molecule has 6 nitrogen and oxygen atoms in total.